The number of nitrogens with zero attached hydrogens (tertiary/aromatic N) is 1. The van der Waals surface area contributed by atoms with Gasteiger partial charge in [-0.15, -0.1) is 11.3 Å². The molecule has 1 aliphatic heterocycles. The summed E-state index contributed by atoms with van der Waals surface area (Å²) in [7, 11) is 0. The number of benzene rings is 2. The summed E-state index contributed by atoms with van der Waals surface area (Å²) in [6.07, 6.45) is 0.916. The van der Waals surface area contributed by atoms with Crippen LogP contribution in [-0.2, 0) is 24.4 Å². The van der Waals surface area contributed by atoms with Gasteiger partial charge in [0, 0.05) is 11.2 Å². The Kier molecular flexibility index (Phi) is 3.53. The van der Waals surface area contributed by atoms with Crippen LogP contribution in [0.3, 0.4) is 0 Å². The van der Waals surface area contributed by atoms with Gasteiger partial charge in [-0.2, -0.15) is 0 Å². The third kappa shape index (κ3) is 2.63. The number of aromatic nitrogens is 1. The Morgan fingerprint density at radius 1 is 1.14 bits per heavy atom. The van der Waals surface area contributed by atoms with Gasteiger partial charge in [-0.25, -0.2) is 4.98 Å². The molecule has 0 saturated heterocycles. The average Bonchev–Trinajstić information content (AvgIpc) is 3.11. The zero-order valence-electron chi connectivity index (χ0n) is 11.4. The predicted octanol–water partition coefficient (Wildman–Crippen LogP) is 5.01. The van der Waals surface area contributed by atoms with E-state index in [4.69, 9.17) is 9.72 Å². The smallest absolute Gasteiger partial charge is 0.0953 e. The van der Waals surface area contributed by atoms with Gasteiger partial charge in [0.2, 0.25) is 0 Å². The Bertz CT molecular complexity index is 765. The summed E-state index contributed by atoms with van der Waals surface area (Å²) >= 11 is 5.59. The number of fused-ring (bicyclic) bond motifs is 2. The maximum Gasteiger partial charge on any atom is 0.0953 e. The number of para-hydroxylation sites is 1. The maximum atomic E-state index is 5.48. The van der Waals surface area contributed by atoms with Crippen molar-refractivity contribution in [2.75, 3.05) is 0 Å². The topological polar surface area (TPSA) is 22.1 Å². The van der Waals surface area contributed by atoms with E-state index < -0.39 is 0 Å². The van der Waals surface area contributed by atoms with E-state index in [0.29, 0.717) is 4.83 Å². The highest BCUT2D eigenvalue weighted by Crippen LogP contribution is 2.33. The molecule has 0 saturated carbocycles. The summed E-state index contributed by atoms with van der Waals surface area (Å²) in [5.41, 5.74) is 5.04. The SMILES string of the molecule is BrC(Cc1nc2ccccc2s1)c1ccc2c(c1)COC2. The Morgan fingerprint density at radius 3 is 2.90 bits per heavy atom. The van der Waals surface area contributed by atoms with Crippen LogP contribution in [0.4, 0.5) is 0 Å². The second-order valence-corrected chi connectivity index (χ2v) is 7.49. The first-order chi connectivity index (χ1) is 10.3. The summed E-state index contributed by atoms with van der Waals surface area (Å²) < 4.78 is 6.74. The van der Waals surface area contributed by atoms with Crippen molar-refractivity contribution in [3.63, 3.8) is 0 Å². The van der Waals surface area contributed by atoms with E-state index >= 15 is 0 Å². The molecule has 0 spiro atoms. The van der Waals surface area contributed by atoms with Gasteiger partial charge in [0.25, 0.3) is 0 Å². The fraction of sp³-hybridized carbons (Fsp3) is 0.235. The molecule has 2 aromatic carbocycles. The standard InChI is InChI=1S/C17H14BrNOS/c18-14(11-5-6-12-9-20-10-13(12)7-11)8-17-19-15-3-1-2-4-16(15)21-17/h1-7,14H,8-10H2. The molecule has 0 bridgehead atoms. The quantitative estimate of drug-likeness (QED) is 0.613. The molecule has 4 heteroatoms. The van der Waals surface area contributed by atoms with E-state index in [2.05, 4.69) is 52.3 Å². The van der Waals surface area contributed by atoms with Crippen LogP contribution in [0.2, 0.25) is 0 Å². The molecule has 0 amide bonds. The van der Waals surface area contributed by atoms with Crippen LogP contribution in [0.15, 0.2) is 42.5 Å². The van der Waals surface area contributed by atoms with Crippen LogP contribution in [0.5, 0.6) is 0 Å². The highest BCUT2D eigenvalue weighted by Gasteiger charge is 2.16. The van der Waals surface area contributed by atoms with Crippen LogP contribution in [-0.4, -0.2) is 4.98 Å². The van der Waals surface area contributed by atoms with Crippen molar-refractivity contribution >= 4 is 37.5 Å². The number of hydrogen-bond donors (Lipinski definition) is 0. The van der Waals surface area contributed by atoms with Crippen LogP contribution in [0, 0.1) is 0 Å². The molecule has 0 fully saturated rings. The second-order valence-electron chi connectivity index (χ2n) is 5.27. The van der Waals surface area contributed by atoms with E-state index in [1.807, 2.05) is 6.07 Å². The molecular weight excluding hydrogens is 346 g/mol. The monoisotopic (exact) mass is 359 g/mol. The first-order valence-corrected chi connectivity index (χ1v) is 8.71. The minimum atomic E-state index is 0.295. The van der Waals surface area contributed by atoms with E-state index in [9.17, 15) is 0 Å². The molecule has 2 heterocycles. The van der Waals surface area contributed by atoms with Gasteiger partial charge in [-0.1, -0.05) is 46.3 Å². The largest absolute Gasteiger partial charge is 0.372 e. The molecular formula is C17H14BrNOS. The minimum Gasteiger partial charge on any atom is -0.372 e. The Balaban J connectivity index is 1.58. The fourth-order valence-corrected chi connectivity index (χ4v) is 4.48. The van der Waals surface area contributed by atoms with Gasteiger partial charge in [0.05, 0.1) is 28.4 Å². The lowest BCUT2D eigenvalue weighted by molar-refractivity contribution is 0.134. The van der Waals surface area contributed by atoms with Crippen molar-refractivity contribution in [1.82, 2.24) is 4.98 Å². The third-order valence-electron chi connectivity index (χ3n) is 3.80. The lowest BCUT2D eigenvalue weighted by atomic mass is 10.0. The zero-order chi connectivity index (χ0) is 14.2. The van der Waals surface area contributed by atoms with Gasteiger partial charge in [0.1, 0.15) is 0 Å². The Hall–Kier alpha value is -1.23. The van der Waals surface area contributed by atoms with E-state index in [0.717, 1.165) is 25.2 Å². The van der Waals surface area contributed by atoms with Crippen molar-refractivity contribution in [3.8, 4) is 0 Å². The zero-order valence-corrected chi connectivity index (χ0v) is 13.8. The summed E-state index contributed by atoms with van der Waals surface area (Å²) in [6, 6.07) is 15.0. The first kappa shape index (κ1) is 13.4. The average molecular weight is 360 g/mol. The van der Waals surface area contributed by atoms with Crippen molar-refractivity contribution in [2.24, 2.45) is 0 Å². The molecule has 0 radical (unpaired) electrons. The van der Waals surface area contributed by atoms with Crippen LogP contribution in [0.1, 0.15) is 26.5 Å². The molecule has 1 aromatic heterocycles. The van der Waals surface area contributed by atoms with Gasteiger partial charge in [-0.05, 0) is 28.8 Å². The third-order valence-corrected chi connectivity index (χ3v) is 5.71. The van der Waals surface area contributed by atoms with Crippen molar-refractivity contribution in [2.45, 2.75) is 24.5 Å². The van der Waals surface area contributed by atoms with Gasteiger partial charge < -0.3 is 4.74 Å². The van der Waals surface area contributed by atoms with Crippen molar-refractivity contribution in [1.29, 1.82) is 0 Å². The molecule has 3 aromatic rings. The normalized spacial score (nSPS) is 15.3. The summed E-state index contributed by atoms with van der Waals surface area (Å²) in [6.45, 7) is 1.49. The number of thiazole rings is 1. The van der Waals surface area contributed by atoms with Crippen molar-refractivity contribution in [3.05, 3.63) is 64.2 Å². The summed E-state index contributed by atoms with van der Waals surface area (Å²) in [5.74, 6) is 0. The number of hydrogen-bond acceptors (Lipinski definition) is 3. The fourth-order valence-electron chi connectivity index (χ4n) is 2.67. The van der Waals surface area contributed by atoms with E-state index in [-0.39, 0.29) is 0 Å². The van der Waals surface area contributed by atoms with Crippen LogP contribution in [0.25, 0.3) is 10.2 Å². The predicted molar refractivity (Wildman–Crippen MR) is 89.9 cm³/mol. The molecule has 106 valence electrons. The molecule has 0 N–H and O–H groups in total. The van der Waals surface area contributed by atoms with Gasteiger partial charge in [0.15, 0.2) is 0 Å². The Labute approximate surface area is 135 Å². The van der Waals surface area contributed by atoms with E-state index in [1.54, 1.807) is 11.3 Å². The molecule has 4 rings (SSSR count). The highest BCUT2D eigenvalue weighted by atomic mass is 79.9. The van der Waals surface area contributed by atoms with Crippen LogP contribution < -0.4 is 0 Å². The van der Waals surface area contributed by atoms with Gasteiger partial charge in [-0.3, -0.25) is 0 Å². The lowest BCUT2D eigenvalue weighted by Crippen LogP contribution is -1.96. The molecule has 1 aliphatic rings. The molecule has 21 heavy (non-hydrogen) atoms. The number of rotatable bonds is 3. The molecule has 1 unspecified atom stereocenters. The number of alkyl halides is 1. The van der Waals surface area contributed by atoms with Crippen molar-refractivity contribution < 1.29 is 4.74 Å². The highest BCUT2D eigenvalue weighted by molar-refractivity contribution is 9.09. The first-order valence-electron chi connectivity index (χ1n) is 6.97. The van der Waals surface area contributed by atoms with Crippen LogP contribution >= 0.6 is 27.3 Å². The number of ether oxygens (including phenoxy) is 1. The molecule has 2 nitrogen and oxygen atoms in total. The van der Waals surface area contributed by atoms with Gasteiger partial charge >= 0.3 is 0 Å². The second kappa shape index (κ2) is 5.52. The minimum absolute atomic E-state index is 0.295. The summed E-state index contributed by atoms with van der Waals surface area (Å²) in [5, 5.41) is 1.18. The molecule has 0 aliphatic carbocycles. The Morgan fingerprint density at radius 2 is 2.00 bits per heavy atom. The summed E-state index contributed by atoms with van der Waals surface area (Å²) in [4.78, 5) is 5.01. The van der Waals surface area contributed by atoms with E-state index in [1.165, 1.54) is 26.4 Å². The maximum absolute atomic E-state index is 5.48. The number of halogens is 1. The molecule has 1 atom stereocenters. The lowest BCUT2D eigenvalue weighted by Gasteiger charge is -2.09.